The Labute approximate surface area is 117 Å². The summed E-state index contributed by atoms with van der Waals surface area (Å²) in [6.45, 7) is 4.51. The third kappa shape index (κ3) is 3.49. The summed E-state index contributed by atoms with van der Waals surface area (Å²) in [6.07, 6.45) is 6.79. The van der Waals surface area contributed by atoms with Crippen molar-refractivity contribution in [3.8, 4) is 0 Å². The fourth-order valence-corrected chi connectivity index (χ4v) is 2.15. The highest BCUT2D eigenvalue weighted by Crippen LogP contribution is 2.14. The Kier molecular flexibility index (Phi) is 4.15. The predicted molar refractivity (Wildman–Crippen MR) is 75.6 cm³/mol. The number of pyridine rings is 1. The van der Waals surface area contributed by atoms with Crippen LogP contribution in [-0.2, 0) is 11.3 Å². The first-order valence-corrected chi connectivity index (χ1v) is 6.68. The lowest BCUT2D eigenvalue weighted by atomic mass is 10.2. The van der Waals surface area contributed by atoms with E-state index >= 15 is 0 Å². The van der Waals surface area contributed by atoms with E-state index in [0.29, 0.717) is 5.82 Å². The quantitative estimate of drug-likeness (QED) is 0.908. The monoisotopic (exact) mass is 271 g/mol. The van der Waals surface area contributed by atoms with Gasteiger partial charge in [0.05, 0.1) is 19.4 Å². The molecule has 20 heavy (non-hydrogen) atoms. The molecule has 0 radical (unpaired) electrons. The van der Waals surface area contributed by atoms with Crippen LogP contribution >= 0.6 is 0 Å². The van der Waals surface area contributed by atoms with Crippen LogP contribution in [0.1, 0.15) is 5.56 Å². The molecule has 0 aromatic carbocycles. The Morgan fingerprint density at radius 1 is 1.10 bits per heavy atom. The van der Waals surface area contributed by atoms with Gasteiger partial charge in [0.2, 0.25) is 0 Å². The normalized spacial score (nSPS) is 16.0. The van der Waals surface area contributed by atoms with Gasteiger partial charge in [0.1, 0.15) is 11.6 Å². The summed E-state index contributed by atoms with van der Waals surface area (Å²) in [5.41, 5.74) is 1.23. The molecule has 3 heterocycles. The van der Waals surface area contributed by atoms with Gasteiger partial charge in [-0.25, -0.2) is 9.97 Å². The molecule has 2 aromatic rings. The lowest BCUT2D eigenvalue weighted by molar-refractivity contribution is 0.0342. The molecule has 0 aliphatic carbocycles. The predicted octanol–water partition coefficient (Wildman–Crippen LogP) is 1.45. The highest BCUT2D eigenvalue weighted by Gasteiger charge is 2.11. The first-order valence-electron chi connectivity index (χ1n) is 6.68. The first-order chi connectivity index (χ1) is 9.90. The number of hydrogen-bond donors (Lipinski definition) is 1. The third-order valence-electron chi connectivity index (χ3n) is 3.15. The van der Waals surface area contributed by atoms with E-state index in [2.05, 4.69) is 25.2 Å². The topological polar surface area (TPSA) is 63.2 Å². The lowest BCUT2D eigenvalue weighted by Gasteiger charge is -2.26. The SMILES string of the molecule is c1cnc(Nc2cc(CN3CCOCC3)ccn2)cn1. The number of nitrogens with zero attached hydrogens (tertiary/aromatic N) is 4. The minimum absolute atomic E-state index is 0.698. The number of anilines is 2. The van der Waals surface area contributed by atoms with Crippen LogP contribution in [0.25, 0.3) is 0 Å². The van der Waals surface area contributed by atoms with Gasteiger partial charge in [-0.15, -0.1) is 0 Å². The number of morpholine rings is 1. The smallest absolute Gasteiger partial charge is 0.150 e. The van der Waals surface area contributed by atoms with Crippen molar-refractivity contribution < 1.29 is 4.74 Å². The molecule has 2 aromatic heterocycles. The number of aromatic nitrogens is 3. The average Bonchev–Trinajstić information content (AvgIpc) is 2.50. The van der Waals surface area contributed by atoms with E-state index in [0.717, 1.165) is 38.7 Å². The highest BCUT2D eigenvalue weighted by molar-refractivity contribution is 5.50. The van der Waals surface area contributed by atoms with Crippen molar-refractivity contribution in [2.45, 2.75) is 6.54 Å². The van der Waals surface area contributed by atoms with Crippen molar-refractivity contribution in [3.05, 3.63) is 42.5 Å². The van der Waals surface area contributed by atoms with Crippen molar-refractivity contribution in [1.82, 2.24) is 19.9 Å². The summed E-state index contributed by atoms with van der Waals surface area (Å²) in [4.78, 5) is 14.9. The van der Waals surface area contributed by atoms with Crippen LogP contribution in [0.4, 0.5) is 11.6 Å². The molecule has 1 fully saturated rings. The summed E-state index contributed by atoms with van der Waals surface area (Å²) in [6, 6.07) is 4.08. The van der Waals surface area contributed by atoms with Crippen molar-refractivity contribution in [3.63, 3.8) is 0 Å². The van der Waals surface area contributed by atoms with Crippen LogP contribution in [0, 0.1) is 0 Å². The minimum atomic E-state index is 0.698. The molecule has 0 amide bonds. The molecule has 1 N–H and O–H groups in total. The van der Waals surface area contributed by atoms with E-state index in [9.17, 15) is 0 Å². The minimum Gasteiger partial charge on any atom is -0.379 e. The summed E-state index contributed by atoms with van der Waals surface area (Å²) in [5.74, 6) is 1.49. The maximum Gasteiger partial charge on any atom is 0.150 e. The highest BCUT2D eigenvalue weighted by atomic mass is 16.5. The molecule has 0 saturated carbocycles. The van der Waals surface area contributed by atoms with Crippen LogP contribution in [0.3, 0.4) is 0 Å². The molecule has 0 unspecified atom stereocenters. The molecule has 3 rings (SSSR count). The van der Waals surface area contributed by atoms with E-state index in [4.69, 9.17) is 4.74 Å². The zero-order chi connectivity index (χ0) is 13.6. The van der Waals surface area contributed by atoms with Gasteiger partial charge in [0.15, 0.2) is 0 Å². The molecular formula is C14H17N5O. The van der Waals surface area contributed by atoms with Crippen molar-refractivity contribution in [2.75, 3.05) is 31.6 Å². The third-order valence-corrected chi connectivity index (χ3v) is 3.15. The summed E-state index contributed by atoms with van der Waals surface area (Å²) >= 11 is 0. The Hall–Kier alpha value is -2.05. The van der Waals surface area contributed by atoms with Gasteiger partial charge in [0, 0.05) is 38.2 Å². The van der Waals surface area contributed by atoms with Gasteiger partial charge in [-0.05, 0) is 17.7 Å². The van der Waals surface area contributed by atoms with Crippen LogP contribution < -0.4 is 5.32 Å². The standard InChI is InChI=1S/C14H17N5O/c1-2-16-13(18-14-10-15-3-4-17-14)9-12(1)11-19-5-7-20-8-6-19/h1-4,9-10H,5-8,11H2,(H,16,17,18). The fraction of sp³-hybridized carbons (Fsp3) is 0.357. The largest absolute Gasteiger partial charge is 0.379 e. The van der Waals surface area contributed by atoms with E-state index in [1.54, 1.807) is 18.6 Å². The Balaban J connectivity index is 1.66. The molecule has 6 heteroatoms. The zero-order valence-electron chi connectivity index (χ0n) is 11.2. The average molecular weight is 271 g/mol. The van der Waals surface area contributed by atoms with Gasteiger partial charge in [-0.3, -0.25) is 9.88 Å². The van der Waals surface area contributed by atoms with Gasteiger partial charge in [0.25, 0.3) is 0 Å². The van der Waals surface area contributed by atoms with Crippen molar-refractivity contribution in [1.29, 1.82) is 0 Å². The second kappa shape index (κ2) is 6.40. The molecular weight excluding hydrogens is 254 g/mol. The molecule has 1 saturated heterocycles. The number of rotatable bonds is 4. The molecule has 104 valence electrons. The molecule has 0 spiro atoms. The van der Waals surface area contributed by atoms with Crippen LogP contribution in [0.15, 0.2) is 36.9 Å². The number of ether oxygens (including phenoxy) is 1. The fourth-order valence-electron chi connectivity index (χ4n) is 2.15. The molecule has 0 bridgehead atoms. The van der Waals surface area contributed by atoms with E-state index in [1.165, 1.54) is 5.56 Å². The Morgan fingerprint density at radius 3 is 2.75 bits per heavy atom. The first kappa shape index (κ1) is 13.0. The van der Waals surface area contributed by atoms with Crippen molar-refractivity contribution >= 4 is 11.6 Å². The van der Waals surface area contributed by atoms with E-state index in [1.807, 2.05) is 18.3 Å². The van der Waals surface area contributed by atoms with Gasteiger partial charge < -0.3 is 10.1 Å². The van der Waals surface area contributed by atoms with E-state index < -0.39 is 0 Å². The summed E-state index contributed by atoms with van der Waals surface area (Å²) < 4.78 is 5.36. The van der Waals surface area contributed by atoms with Gasteiger partial charge >= 0.3 is 0 Å². The Bertz CT molecular complexity index is 542. The second-order valence-corrected chi connectivity index (χ2v) is 4.65. The molecule has 6 nitrogen and oxygen atoms in total. The van der Waals surface area contributed by atoms with Crippen LogP contribution in [0.5, 0.6) is 0 Å². The Morgan fingerprint density at radius 2 is 1.95 bits per heavy atom. The zero-order valence-corrected chi connectivity index (χ0v) is 11.2. The van der Waals surface area contributed by atoms with Crippen molar-refractivity contribution in [2.24, 2.45) is 0 Å². The summed E-state index contributed by atoms with van der Waals surface area (Å²) in [7, 11) is 0. The van der Waals surface area contributed by atoms with Gasteiger partial charge in [-0.1, -0.05) is 0 Å². The molecule has 1 aliphatic heterocycles. The summed E-state index contributed by atoms with van der Waals surface area (Å²) in [5, 5.41) is 3.15. The van der Waals surface area contributed by atoms with E-state index in [-0.39, 0.29) is 0 Å². The molecule has 1 aliphatic rings. The van der Waals surface area contributed by atoms with Crippen LogP contribution in [-0.4, -0.2) is 46.2 Å². The second-order valence-electron chi connectivity index (χ2n) is 4.65. The number of nitrogens with one attached hydrogen (secondary N) is 1. The number of hydrogen-bond acceptors (Lipinski definition) is 6. The van der Waals surface area contributed by atoms with Gasteiger partial charge in [-0.2, -0.15) is 0 Å². The maximum atomic E-state index is 5.36. The lowest BCUT2D eigenvalue weighted by Crippen LogP contribution is -2.35. The maximum absolute atomic E-state index is 5.36. The van der Waals surface area contributed by atoms with Crippen LogP contribution in [0.2, 0.25) is 0 Å². The molecule has 0 atom stereocenters.